The van der Waals surface area contributed by atoms with E-state index in [1.54, 1.807) is 9.71 Å². The van der Waals surface area contributed by atoms with Crippen molar-refractivity contribution in [3.8, 4) is 23.1 Å². The van der Waals surface area contributed by atoms with Crippen molar-refractivity contribution in [2.24, 2.45) is 0 Å². The average molecular weight is 560 g/mol. The molecule has 0 unspecified atom stereocenters. The van der Waals surface area contributed by atoms with Gasteiger partial charge in [0.1, 0.15) is 4.90 Å². The van der Waals surface area contributed by atoms with Gasteiger partial charge in [-0.1, -0.05) is 23.2 Å². The standard InChI is InChI=1S/C17H11Cl2F4N5O6S/c18-7-1-6(28-17(31)26-16(30)13(27-28)15(22)23)2-8(19)14(7)34-12-3-10(9(29)4-24-12)35(32,33)25-5-11(20)21/h1-4,11,15,25,29H,5H2,(H,26,30,31). The highest BCUT2D eigenvalue weighted by atomic mass is 35.5. The number of aromatic amines is 1. The van der Waals surface area contributed by atoms with Crippen molar-refractivity contribution in [2.45, 2.75) is 17.7 Å². The molecule has 0 radical (unpaired) electrons. The molecular formula is C17H11Cl2F4N5O6S. The lowest BCUT2D eigenvalue weighted by molar-refractivity contribution is 0.141. The molecule has 3 aromatic rings. The van der Waals surface area contributed by atoms with E-state index in [2.05, 4.69) is 10.1 Å². The molecule has 11 nitrogen and oxygen atoms in total. The van der Waals surface area contributed by atoms with Crippen LogP contribution in [0.25, 0.3) is 5.69 Å². The number of nitrogens with zero attached hydrogens (tertiary/aromatic N) is 3. The number of hydrogen-bond acceptors (Lipinski definition) is 8. The van der Waals surface area contributed by atoms with Crippen molar-refractivity contribution in [1.29, 1.82) is 0 Å². The molecule has 3 N–H and O–H groups in total. The zero-order valence-electron chi connectivity index (χ0n) is 16.7. The smallest absolute Gasteiger partial charge is 0.349 e. The maximum atomic E-state index is 13.0. The second-order valence-electron chi connectivity index (χ2n) is 6.43. The van der Waals surface area contributed by atoms with E-state index in [4.69, 9.17) is 27.9 Å². The van der Waals surface area contributed by atoms with Gasteiger partial charge in [-0.25, -0.2) is 40.5 Å². The fourth-order valence-electron chi connectivity index (χ4n) is 2.53. The van der Waals surface area contributed by atoms with Crippen LogP contribution >= 0.6 is 23.2 Å². The Morgan fingerprint density at radius 1 is 1.14 bits per heavy atom. The van der Waals surface area contributed by atoms with Crippen LogP contribution in [0.2, 0.25) is 10.0 Å². The number of ether oxygens (including phenoxy) is 1. The minimum atomic E-state index is -4.59. The summed E-state index contributed by atoms with van der Waals surface area (Å²) >= 11 is 12.2. The Labute approximate surface area is 202 Å². The molecule has 0 bridgehead atoms. The van der Waals surface area contributed by atoms with Crippen LogP contribution in [0.5, 0.6) is 17.4 Å². The maximum absolute atomic E-state index is 13.0. The molecule has 0 aliphatic carbocycles. The van der Waals surface area contributed by atoms with E-state index in [0.29, 0.717) is 16.9 Å². The fraction of sp³-hybridized carbons (Fsp3) is 0.176. The summed E-state index contributed by atoms with van der Waals surface area (Å²) in [5.74, 6) is -1.70. The topological polar surface area (TPSA) is 156 Å². The van der Waals surface area contributed by atoms with Gasteiger partial charge >= 0.3 is 5.69 Å². The molecule has 0 spiro atoms. The Kier molecular flexibility index (Phi) is 7.68. The zero-order chi connectivity index (χ0) is 26.1. The monoisotopic (exact) mass is 559 g/mol. The highest BCUT2D eigenvalue weighted by Crippen LogP contribution is 2.38. The second kappa shape index (κ2) is 10.2. The fourth-order valence-corrected chi connectivity index (χ4v) is 4.17. The molecule has 188 valence electrons. The summed E-state index contributed by atoms with van der Waals surface area (Å²) in [6.07, 6.45) is -5.62. The predicted octanol–water partition coefficient (Wildman–Crippen LogP) is 2.60. The van der Waals surface area contributed by atoms with Gasteiger partial charge in [-0.2, -0.15) is 9.78 Å². The summed E-state index contributed by atoms with van der Waals surface area (Å²) in [7, 11) is -4.59. The Bertz CT molecular complexity index is 1480. The Morgan fingerprint density at radius 2 is 1.77 bits per heavy atom. The van der Waals surface area contributed by atoms with Gasteiger partial charge in [0.15, 0.2) is 17.2 Å². The van der Waals surface area contributed by atoms with Crippen molar-refractivity contribution in [1.82, 2.24) is 24.5 Å². The first-order chi connectivity index (χ1) is 16.3. The number of halogens is 6. The summed E-state index contributed by atoms with van der Waals surface area (Å²) in [6.45, 7) is -1.22. The Morgan fingerprint density at radius 3 is 2.34 bits per heavy atom. The van der Waals surface area contributed by atoms with Gasteiger partial charge in [-0.15, -0.1) is 0 Å². The van der Waals surface area contributed by atoms with Gasteiger partial charge in [0, 0.05) is 6.07 Å². The van der Waals surface area contributed by atoms with Crippen LogP contribution in [0.3, 0.4) is 0 Å². The van der Waals surface area contributed by atoms with E-state index >= 15 is 0 Å². The molecule has 2 heterocycles. The van der Waals surface area contributed by atoms with Gasteiger partial charge in [-0.3, -0.25) is 9.78 Å². The zero-order valence-corrected chi connectivity index (χ0v) is 19.0. The van der Waals surface area contributed by atoms with Gasteiger partial charge in [0.2, 0.25) is 15.9 Å². The van der Waals surface area contributed by atoms with Crippen molar-refractivity contribution < 1.29 is 35.8 Å². The molecule has 2 aromatic heterocycles. The molecule has 3 rings (SSSR count). The van der Waals surface area contributed by atoms with Crippen LogP contribution in [0.1, 0.15) is 12.1 Å². The van der Waals surface area contributed by atoms with Crippen molar-refractivity contribution in [3.05, 3.63) is 61.0 Å². The first-order valence-electron chi connectivity index (χ1n) is 8.96. The van der Waals surface area contributed by atoms with E-state index in [1.807, 2.05) is 0 Å². The lowest BCUT2D eigenvalue weighted by Crippen LogP contribution is -2.34. The van der Waals surface area contributed by atoms with E-state index < -0.39 is 62.9 Å². The molecule has 0 atom stereocenters. The van der Waals surface area contributed by atoms with E-state index in [9.17, 15) is 40.7 Å². The highest BCUT2D eigenvalue weighted by Gasteiger charge is 2.23. The quantitative estimate of drug-likeness (QED) is 0.355. The van der Waals surface area contributed by atoms with Crippen LogP contribution in [0.15, 0.2) is 38.9 Å². The summed E-state index contributed by atoms with van der Waals surface area (Å²) in [6, 6.07) is 2.71. The number of hydrogen-bond donors (Lipinski definition) is 3. The van der Waals surface area contributed by atoms with Crippen LogP contribution in [0.4, 0.5) is 17.6 Å². The molecule has 18 heteroatoms. The molecule has 0 saturated heterocycles. The minimum Gasteiger partial charge on any atom is -0.505 e. The van der Waals surface area contributed by atoms with Crippen LogP contribution < -0.4 is 20.7 Å². The number of sulfonamides is 1. The molecule has 0 aliphatic heterocycles. The Balaban J connectivity index is 1.99. The van der Waals surface area contributed by atoms with E-state index in [0.717, 1.165) is 12.1 Å². The van der Waals surface area contributed by atoms with Gasteiger partial charge in [-0.05, 0) is 12.1 Å². The van der Waals surface area contributed by atoms with E-state index in [-0.39, 0.29) is 21.5 Å². The number of aromatic hydroxyl groups is 1. The minimum absolute atomic E-state index is 0.242. The van der Waals surface area contributed by atoms with Gasteiger partial charge in [0.05, 0.1) is 28.5 Å². The normalized spacial score (nSPS) is 11.9. The molecule has 0 fully saturated rings. The molecular weight excluding hydrogens is 549 g/mol. The summed E-state index contributed by atoms with van der Waals surface area (Å²) in [5.41, 5.74) is -4.04. The number of alkyl halides is 4. The number of H-pyrrole nitrogens is 1. The SMILES string of the molecule is O=c1[nH]c(=O)n(-c2cc(Cl)c(Oc3cc(S(=O)(=O)NCC(F)F)c(O)cn3)c(Cl)c2)nc1C(F)F. The van der Waals surface area contributed by atoms with E-state index in [1.165, 1.54) is 0 Å². The first kappa shape index (κ1) is 26.4. The summed E-state index contributed by atoms with van der Waals surface area (Å²) in [5, 5.41) is 12.4. The number of pyridine rings is 1. The number of benzene rings is 1. The molecule has 0 amide bonds. The van der Waals surface area contributed by atoms with Crippen LogP contribution in [-0.4, -0.2) is 46.2 Å². The highest BCUT2D eigenvalue weighted by molar-refractivity contribution is 7.89. The molecule has 1 aromatic carbocycles. The molecule has 0 saturated carbocycles. The predicted molar refractivity (Wildman–Crippen MR) is 113 cm³/mol. The Hall–Kier alpha value is -3.21. The average Bonchev–Trinajstić information content (AvgIpc) is 2.75. The van der Waals surface area contributed by atoms with Crippen molar-refractivity contribution in [2.75, 3.05) is 6.54 Å². The lowest BCUT2D eigenvalue weighted by atomic mass is 10.3. The second-order valence-corrected chi connectivity index (χ2v) is 8.98. The largest absolute Gasteiger partial charge is 0.505 e. The molecule has 35 heavy (non-hydrogen) atoms. The third kappa shape index (κ3) is 5.90. The summed E-state index contributed by atoms with van der Waals surface area (Å²) in [4.78, 5) is 27.9. The third-order valence-electron chi connectivity index (χ3n) is 4.03. The van der Waals surface area contributed by atoms with Gasteiger partial charge < -0.3 is 9.84 Å². The lowest BCUT2D eigenvalue weighted by Gasteiger charge is -2.13. The summed E-state index contributed by atoms with van der Waals surface area (Å²) < 4.78 is 82.4. The van der Waals surface area contributed by atoms with Crippen LogP contribution in [0, 0.1) is 0 Å². The molecule has 0 aliphatic rings. The van der Waals surface area contributed by atoms with Crippen LogP contribution in [-0.2, 0) is 10.0 Å². The number of rotatable bonds is 8. The maximum Gasteiger partial charge on any atom is 0.349 e. The number of nitrogens with one attached hydrogen (secondary N) is 2. The first-order valence-corrected chi connectivity index (χ1v) is 11.2. The van der Waals surface area contributed by atoms with Crippen molar-refractivity contribution >= 4 is 33.2 Å². The third-order valence-corrected chi connectivity index (χ3v) is 6.05. The van der Waals surface area contributed by atoms with Gasteiger partial charge in [0.25, 0.3) is 18.4 Å². The number of aromatic nitrogens is 4. The van der Waals surface area contributed by atoms with Crippen molar-refractivity contribution in [3.63, 3.8) is 0 Å².